The Morgan fingerprint density at radius 3 is 2.62 bits per heavy atom. The second-order valence-electron chi connectivity index (χ2n) is 5.40. The van der Waals surface area contributed by atoms with Crippen molar-refractivity contribution in [1.29, 1.82) is 0 Å². The topological polar surface area (TPSA) is 32.3 Å². The van der Waals surface area contributed by atoms with Gasteiger partial charge in [-0.05, 0) is 50.9 Å². The molecule has 1 amide bonds. The lowest BCUT2D eigenvalue weighted by atomic mass is 9.96. The van der Waals surface area contributed by atoms with E-state index in [-0.39, 0.29) is 36.1 Å². The van der Waals surface area contributed by atoms with Crippen LogP contribution in [-0.4, -0.2) is 30.4 Å². The van der Waals surface area contributed by atoms with Gasteiger partial charge in [0.25, 0.3) is 0 Å². The highest BCUT2D eigenvalue weighted by Gasteiger charge is 2.28. The Labute approximate surface area is 132 Å². The second kappa shape index (κ2) is 8.35. The van der Waals surface area contributed by atoms with E-state index in [4.69, 9.17) is 0 Å². The van der Waals surface area contributed by atoms with Crippen LogP contribution in [0.15, 0.2) is 24.3 Å². The van der Waals surface area contributed by atoms with E-state index in [9.17, 15) is 9.18 Å². The Hall–Kier alpha value is -1.13. The van der Waals surface area contributed by atoms with Gasteiger partial charge in [-0.1, -0.05) is 12.1 Å². The summed E-state index contributed by atoms with van der Waals surface area (Å²) in [5.74, 6) is 0.0370. The second-order valence-corrected chi connectivity index (χ2v) is 5.40. The summed E-state index contributed by atoms with van der Waals surface area (Å²) in [6, 6.07) is 6.40. The normalized spacial score (nSPS) is 19.5. The Bertz CT molecular complexity index is 446. The van der Waals surface area contributed by atoms with Gasteiger partial charge in [0.2, 0.25) is 5.91 Å². The lowest BCUT2D eigenvalue weighted by molar-refractivity contribution is -0.138. The summed E-state index contributed by atoms with van der Waals surface area (Å²) < 4.78 is 13.0. The van der Waals surface area contributed by atoms with Gasteiger partial charge >= 0.3 is 0 Å². The molecule has 2 rings (SSSR count). The van der Waals surface area contributed by atoms with E-state index >= 15 is 0 Å². The molecular weight excluding hydrogens is 291 g/mol. The van der Waals surface area contributed by atoms with Crippen LogP contribution in [0, 0.1) is 11.7 Å². The zero-order valence-electron chi connectivity index (χ0n) is 12.6. The fourth-order valence-corrected chi connectivity index (χ4v) is 2.84. The first-order valence-corrected chi connectivity index (χ1v) is 7.40. The average Bonchev–Trinajstić information content (AvgIpc) is 2.49. The summed E-state index contributed by atoms with van der Waals surface area (Å²) in [7, 11) is 0. The molecule has 118 valence electrons. The number of hydrogen-bond donors (Lipinski definition) is 1. The number of nitrogens with one attached hydrogen (secondary N) is 1. The van der Waals surface area contributed by atoms with E-state index in [1.54, 1.807) is 12.1 Å². The number of nitrogens with zero attached hydrogens (tertiary/aromatic N) is 1. The van der Waals surface area contributed by atoms with Crippen LogP contribution in [0.1, 0.15) is 38.3 Å². The quantitative estimate of drug-likeness (QED) is 0.926. The van der Waals surface area contributed by atoms with Crippen molar-refractivity contribution >= 4 is 18.3 Å². The van der Waals surface area contributed by atoms with E-state index in [1.165, 1.54) is 12.1 Å². The first-order chi connectivity index (χ1) is 9.63. The molecule has 1 aliphatic heterocycles. The molecule has 5 heteroatoms. The number of rotatable bonds is 4. The Morgan fingerprint density at radius 2 is 2.10 bits per heavy atom. The predicted octanol–water partition coefficient (Wildman–Crippen LogP) is 3.16. The fraction of sp³-hybridized carbons (Fsp3) is 0.562. The number of piperidine rings is 1. The summed E-state index contributed by atoms with van der Waals surface area (Å²) in [6.07, 6.45) is 2.01. The van der Waals surface area contributed by atoms with Crippen molar-refractivity contribution in [3.63, 3.8) is 0 Å². The van der Waals surface area contributed by atoms with Crippen LogP contribution >= 0.6 is 12.4 Å². The van der Waals surface area contributed by atoms with E-state index in [0.29, 0.717) is 6.54 Å². The minimum absolute atomic E-state index is 0. The standard InChI is InChI=1S/C16H23FN2O.ClH/c1-3-19(16(20)14-5-4-10-18-11-14)12(2)13-6-8-15(17)9-7-13;/h6-9,12,14,18H,3-5,10-11H2,1-2H3;1H. The van der Waals surface area contributed by atoms with Crippen molar-refractivity contribution in [2.45, 2.75) is 32.7 Å². The van der Waals surface area contributed by atoms with E-state index < -0.39 is 0 Å². The number of hydrogen-bond acceptors (Lipinski definition) is 2. The van der Waals surface area contributed by atoms with Crippen LogP contribution in [0.3, 0.4) is 0 Å². The van der Waals surface area contributed by atoms with Gasteiger partial charge in [0.15, 0.2) is 0 Å². The molecule has 2 unspecified atom stereocenters. The number of carbonyl (C=O) groups is 1. The van der Waals surface area contributed by atoms with Crippen LogP contribution < -0.4 is 5.32 Å². The molecule has 3 nitrogen and oxygen atoms in total. The number of carbonyl (C=O) groups excluding carboxylic acids is 1. The van der Waals surface area contributed by atoms with Crippen molar-refractivity contribution < 1.29 is 9.18 Å². The van der Waals surface area contributed by atoms with Crippen LogP contribution in [0.4, 0.5) is 4.39 Å². The third kappa shape index (κ3) is 4.42. The fourth-order valence-electron chi connectivity index (χ4n) is 2.84. The zero-order valence-corrected chi connectivity index (χ0v) is 13.5. The highest BCUT2D eigenvalue weighted by molar-refractivity contribution is 5.85. The minimum Gasteiger partial charge on any atom is -0.336 e. The van der Waals surface area contributed by atoms with Crippen molar-refractivity contribution in [3.8, 4) is 0 Å². The monoisotopic (exact) mass is 314 g/mol. The maximum Gasteiger partial charge on any atom is 0.227 e. The Kier molecular flexibility index (Phi) is 7.12. The van der Waals surface area contributed by atoms with E-state index in [2.05, 4.69) is 5.32 Å². The van der Waals surface area contributed by atoms with Gasteiger partial charge in [-0.15, -0.1) is 12.4 Å². The highest BCUT2D eigenvalue weighted by Crippen LogP contribution is 2.24. The first kappa shape index (κ1) is 17.9. The van der Waals surface area contributed by atoms with Crippen molar-refractivity contribution in [1.82, 2.24) is 10.2 Å². The Balaban J connectivity index is 0.00000220. The van der Waals surface area contributed by atoms with Gasteiger partial charge in [0, 0.05) is 13.1 Å². The van der Waals surface area contributed by atoms with Gasteiger partial charge in [-0.3, -0.25) is 4.79 Å². The highest BCUT2D eigenvalue weighted by atomic mass is 35.5. The molecule has 1 heterocycles. The molecular formula is C16H24ClFN2O. The van der Waals surface area contributed by atoms with Crippen molar-refractivity contribution in [2.75, 3.05) is 19.6 Å². The van der Waals surface area contributed by atoms with Crippen LogP contribution in [-0.2, 0) is 4.79 Å². The van der Waals surface area contributed by atoms with Crippen molar-refractivity contribution in [3.05, 3.63) is 35.6 Å². The summed E-state index contributed by atoms with van der Waals surface area (Å²) in [6.45, 7) is 6.45. The average molecular weight is 315 g/mol. The molecule has 1 fully saturated rings. The van der Waals surface area contributed by atoms with Crippen molar-refractivity contribution in [2.24, 2.45) is 5.92 Å². The minimum atomic E-state index is -0.244. The summed E-state index contributed by atoms with van der Waals surface area (Å²) in [4.78, 5) is 14.5. The lowest BCUT2D eigenvalue weighted by Gasteiger charge is -2.33. The molecule has 1 aliphatic rings. The smallest absolute Gasteiger partial charge is 0.227 e. The largest absolute Gasteiger partial charge is 0.336 e. The molecule has 0 aromatic heterocycles. The van der Waals surface area contributed by atoms with Gasteiger partial charge in [-0.25, -0.2) is 4.39 Å². The first-order valence-electron chi connectivity index (χ1n) is 7.40. The molecule has 0 saturated carbocycles. The number of benzene rings is 1. The zero-order chi connectivity index (χ0) is 14.5. The molecule has 21 heavy (non-hydrogen) atoms. The molecule has 1 saturated heterocycles. The number of amides is 1. The maximum absolute atomic E-state index is 13.0. The third-order valence-electron chi connectivity index (χ3n) is 4.09. The SMILES string of the molecule is CCN(C(=O)C1CCCNC1)C(C)c1ccc(F)cc1.Cl. The lowest BCUT2D eigenvalue weighted by Crippen LogP contribution is -2.43. The maximum atomic E-state index is 13.0. The van der Waals surface area contributed by atoms with Gasteiger partial charge < -0.3 is 10.2 Å². The summed E-state index contributed by atoms with van der Waals surface area (Å²) in [5.41, 5.74) is 0.977. The molecule has 1 N–H and O–H groups in total. The predicted molar refractivity (Wildman–Crippen MR) is 85.0 cm³/mol. The third-order valence-corrected chi connectivity index (χ3v) is 4.09. The summed E-state index contributed by atoms with van der Waals surface area (Å²) in [5, 5.41) is 3.28. The van der Waals surface area contributed by atoms with Gasteiger partial charge in [0.1, 0.15) is 5.82 Å². The molecule has 0 spiro atoms. The van der Waals surface area contributed by atoms with Gasteiger partial charge in [-0.2, -0.15) is 0 Å². The molecule has 1 aromatic carbocycles. The van der Waals surface area contributed by atoms with E-state index in [1.807, 2.05) is 18.7 Å². The summed E-state index contributed by atoms with van der Waals surface area (Å²) >= 11 is 0. The van der Waals surface area contributed by atoms with Gasteiger partial charge in [0.05, 0.1) is 12.0 Å². The Morgan fingerprint density at radius 1 is 1.43 bits per heavy atom. The van der Waals surface area contributed by atoms with E-state index in [0.717, 1.165) is 31.5 Å². The van der Waals surface area contributed by atoms with Crippen LogP contribution in [0.25, 0.3) is 0 Å². The molecule has 0 aliphatic carbocycles. The number of halogens is 2. The molecule has 2 atom stereocenters. The molecule has 0 radical (unpaired) electrons. The molecule has 0 bridgehead atoms. The molecule has 1 aromatic rings. The van der Waals surface area contributed by atoms with Crippen LogP contribution in [0.5, 0.6) is 0 Å². The van der Waals surface area contributed by atoms with Crippen LogP contribution in [0.2, 0.25) is 0 Å².